The summed E-state index contributed by atoms with van der Waals surface area (Å²) in [5, 5.41) is 0. The first-order chi connectivity index (χ1) is 5.37. The van der Waals surface area contributed by atoms with Crippen molar-refractivity contribution in [2.75, 3.05) is 0 Å². The van der Waals surface area contributed by atoms with E-state index in [2.05, 4.69) is 0 Å². The Hall–Kier alpha value is -0.128. The lowest BCUT2D eigenvalue weighted by atomic mass is 10.2. The number of hydrogen-bond donors (Lipinski definition) is 0. The van der Waals surface area contributed by atoms with Crippen molar-refractivity contribution in [3.8, 4) is 0 Å². The molecule has 0 aliphatic heterocycles. The van der Waals surface area contributed by atoms with E-state index < -0.39 is 14.1 Å². The highest BCUT2D eigenvalue weighted by Crippen LogP contribution is 2.05. The first-order valence-corrected chi connectivity index (χ1v) is 6.76. The fraction of sp³-hybridized carbons (Fsp3) is 0.778. The van der Waals surface area contributed by atoms with Crippen molar-refractivity contribution in [3.05, 3.63) is 0 Å². The predicted molar refractivity (Wildman–Crippen MR) is 51.3 cm³/mol. The van der Waals surface area contributed by atoms with E-state index in [9.17, 15) is 9.59 Å². The largest absolute Gasteiger partial charge is 0.458 e. The van der Waals surface area contributed by atoms with Gasteiger partial charge in [0.05, 0.1) is 9.29 Å². The molecule has 0 saturated carbocycles. The van der Waals surface area contributed by atoms with Gasteiger partial charge in [-0.1, -0.05) is 33.5 Å². The highest BCUT2D eigenvalue weighted by Gasteiger charge is 2.32. The summed E-state index contributed by atoms with van der Waals surface area (Å²) < 4.78 is 0.377. The van der Waals surface area contributed by atoms with Crippen molar-refractivity contribution in [3.63, 3.8) is 0 Å². The van der Waals surface area contributed by atoms with Crippen LogP contribution in [0.4, 0.5) is 0 Å². The first-order valence-electron chi connectivity index (χ1n) is 4.45. The van der Waals surface area contributed by atoms with Crippen LogP contribution in [0.3, 0.4) is 0 Å². The van der Waals surface area contributed by atoms with Gasteiger partial charge in [0, 0.05) is 0 Å². The zero-order chi connectivity index (χ0) is 9.89. The molecule has 0 aliphatic rings. The molecule has 0 aliphatic carbocycles. The Labute approximate surface area is 78.7 Å². The summed E-state index contributed by atoms with van der Waals surface area (Å²) in [5.41, 5.74) is 0. The minimum Gasteiger partial charge on any atom is -0.320 e. The molecule has 0 rings (SSSR count). The molecule has 0 saturated heterocycles. The Morgan fingerprint density at radius 1 is 0.917 bits per heavy atom. The van der Waals surface area contributed by atoms with Crippen LogP contribution in [0.2, 0.25) is 5.79 Å². The predicted octanol–water partition coefficient (Wildman–Crippen LogP) is 1.64. The standard InChI is InChI=1S/2C4H7O.CH3.Al/c2*1-4(2)3-5;;/h2*4H,1-2H3;1H3;. The Bertz CT molecular complexity index is 165. The van der Waals surface area contributed by atoms with Gasteiger partial charge in [-0.15, -0.1) is 0 Å². The van der Waals surface area contributed by atoms with Gasteiger partial charge in [-0.05, 0) is 11.8 Å². The highest BCUT2D eigenvalue weighted by atomic mass is 27.2. The molecule has 68 valence electrons. The topological polar surface area (TPSA) is 34.1 Å². The average Bonchev–Trinajstić information content (AvgIpc) is 2.00. The van der Waals surface area contributed by atoms with E-state index in [0.29, 0.717) is 0 Å². The number of rotatable bonds is 4. The Kier molecular flexibility index (Phi) is 4.74. The van der Waals surface area contributed by atoms with E-state index in [0.717, 1.165) is 0 Å². The monoisotopic (exact) mass is 184 g/mol. The maximum absolute atomic E-state index is 11.4. The summed E-state index contributed by atoms with van der Waals surface area (Å²) in [6, 6.07) is 0. The molecule has 0 aromatic carbocycles. The van der Waals surface area contributed by atoms with Gasteiger partial charge in [0.25, 0.3) is 0 Å². The van der Waals surface area contributed by atoms with Gasteiger partial charge in [0.2, 0.25) is 0 Å². The molecule has 0 atom stereocenters. The smallest absolute Gasteiger partial charge is 0.320 e. The summed E-state index contributed by atoms with van der Waals surface area (Å²) in [4.78, 5) is 22.9. The molecule has 0 bridgehead atoms. The molecular formula is C9H17AlO2. The molecule has 0 radical (unpaired) electrons. The molecule has 12 heavy (non-hydrogen) atoms. The van der Waals surface area contributed by atoms with Gasteiger partial charge in [0.1, 0.15) is 0 Å². The second kappa shape index (κ2) is 4.79. The van der Waals surface area contributed by atoms with Crippen LogP contribution in [0.1, 0.15) is 27.7 Å². The lowest BCUT2D eigenvalue weighted by Gasteiger charge is -2.09. The zero-order valence-electron chi connectivity index (χ0n) is 8.55. The summed E-state index contributed by atoms with van der Waals surface area (Å²) in [7, 11) is 0. The normalized spacial score (nSPS) is 10.6. The molecule has 0 spiro atoms. The van der Waals surface area contributed by atoms with Crippen LogP contribution < -0.4 is 0 Å². The summed E-state index contributed by atoms with van der Waals surface area (Å²) in [6.45, 7) is 7.44. The molecule has 0 heterocycles. The molecule has 0 fully saturated rings. The highest BCUT2D eigenvalue weighted by molar-refractivity contribution is 7.10. The van der Waals surface area contributed by atoms with Gasteiger partial charge in [0.15, 0.2) is 0 Å². The van der Waals surface area contributed by atoms with Crippen LogP contribution in [0.5, 0.6) is 0 Å². The summed E-state index contributed by atoms with van der Waals surface area (Å²) >= 11 is -1.78. The van der Waals surface area contributed by atoms with Crippen LogP contribution in [0.15, 0.2) is 0 Å². The fourth-order valence-corrected chi connectivity index (χ4v) is 3.42. The van der Waals surface area contributed by atoms with E-state index in [1.165, 1.54) is 0 Å². The van der Waals surface area contributed by atoms with E-state index in [-0.39, 0.29) is 21.1 Å². The number of carbonyl (C=O) groups is 2. The molecular weight excluding hydrogens is 167 g/mol. The Balaban J connectivity index is 4.30. The molecule has 0 unspecified atom stereocenters. The SMILES string of the molecule is CC(C)[C](=O)[Al]([CH3])[C](=O)C(C)C. The molecule has 0 aromatic heterocycles. The molecule has 3 heteroatoms. The van der Waals surface area contributed by atoms with Crippen LogP contribution in [0.25, 0.3) is 0 Å². The van der Waals surface area contributed by atoms with E-state index >= 15 is 0 Å². The molecule has 0 aromatic rings. The molecule has 0 N–H and O–H groups in total. The van der Waals surface area contributed by atoms with E-state index in [4.69, 9.17) is 0 Å². The lowest BCUT2D eigenvalue weighted by Crippen LogP contribution is -2.38. The van der Waals surface area contributed by atoms with Gasteiger partial charge in [-0.3, -0.25) is 0 Å². The zero-order valence-corrected chi connectivity index (χ0v) is 9.70. The van der Waals surface area contributed by atoms with Crippen molar-refractivity contribution >= 4 is 23.4 Å². The van der Waals surface area contributed by atoms with Crippen LogP contribution in [0, 0.1) is 11.8 Å². The third kappa shape index (κ3) is 3.08. The van der Waals surface area contributed by atoms with Crippen molar-refractivity contribution in [2.24, 2.45) is 11.8 Å². The second-order valence-corrected chi connectivity index (χ2v) is 6.42. The van der Waals surface area contributed by atoms with Crippen LogP contribution >= 0.6 is 0 Å². The minimum atomic E-state index is -1.78. The van der Waals surface area contributed by atoms with E-state index in [1.54, 1.807) is 0 Å². The number of hydrogen-bond acceptors (Lipinski definition) is 2. The second-order valence-electron chi connectivity index (χ2n) is 3.84. The lowest BCUT2D eigenvalue weighted by molar-refractivity contribution is -0.118. The third-order valence-electron chi connectivity index (χ3n) is 1.99. The molecule has 2 nitrogen and oxygen atoms in total. The van der Waals surface area contributed by atoms with Gasteiger partial charge in [-0.2, -0.15) is 0 Å². The van der Waals surface area contributed by atoms with Gasteiger partial charge < -0.3 is 9.59 Å². The molecule has 0 amide bonds. The first kappa shape index (κ1) is 11.9. The van der Waals surface area contributed by atoms with Crippen LogP contribution in [-0.2, 0) is 9.59 Å². The third-order valence-corrected chi connectivity index (χ3v) is 5.03. The maximum Gasteiger partial charge on any atom is 0.458 e. The fourth-order valence-electron chi connectivity index (χ4n) is 1.14. The van der Waals surface area contributed by atoms with E-state index in [1.807, 2.05) is 33.5 Å². The van der Waals surface area contributed by atoms with Crippen molar-refractivity contribution in [1.82, 2.24) is 0 Å². The number of carbonyl (C=O) groups excluding carboxylic acids is 2. The average molecular weight is 184 g/mol. The summed E-state index contributed by atoms with van der Waals surface area (Å²) in [6.07, 6.45) is 0. The van der Waals surface area contributed by atoms with Gasteiger partial charge >= 0.3 is 14.1 Å². The van der Waals surface area contributed by atoms with Crippen LogP contribution in [-0.4, -0.2) is 23.4 Å². The Morgan fingerprint density at radius 2 is 1.17 bits per heavy atom. The maximum atomic E-state index is 11.4. The summed E-state index contributed by atoms with van der Waals surface area (Å²) in [5.74, 6) is 1.88. The van der Waals surface area contributed by atoms with Crippen molar-refractivity contribution in [1.29, 1.82) is 0 Å². The quantitative estimate of drug-likeness (QED) is 0.622. The Morgan fingerprint density at radius 3 is 1.33 bits per heavy atom. The minimum absolute atomic E-state index is 0.0226. The van der Waals surface area contributed by atoms with Gasteiger partial charge in [-0.25, -0.2) is 0 Å². The van der Waals surface area contributed by atoms with Crippen molar-refractivity contribution < 1.29 is 9.59 Å². The van der Waals surface area contributed by atoms with Crippen molar-refractivity contribution in [2.45, 2.75) is 33.5 Å².